The van der Waals surface area contributed by atoms with Crippen molar-refractivity contribution in [2.75, 3.05) is 6.26 Å². The van der Waals surface area contributed by atoms with Crippen molar-refractivity contribution in [3.63, 3.8) is 0 Å². The van der Waals surface area contributed by atoms with Crippen LogP contribution in [-0.4, -0.2) is 6.26 Å². The van der Waals surface area contributed by atoms with Crippen molar-refractivity contribution in [3.8, 4) is 0 Å². The van der Waals surface area contributed by atoms with E-state index in [1.54, 1.807) is 0 Å². The van der Waals surface area contributed by atoms with Crippen LogP contribution in [0.2, 0.25) is 0 Å². The molecule has 0 radical (unpaired) electrons. The van der Waals surface area contributed by atoms with Crippen LogP contribution in [-0.2, 0) is 0 Å². The highest BCUT2D eigenvalue weighted by Gasteiger charge is 2.13. The van der Waals surface area contributed by atoms with E-state index in [4.69, 9.17) is 0 Å². The molecule has 0 atom stereocenters. The molecular weight excluding hydrogens is 100 g/mol. The SMILES string of the molecule is CS1(S)C=C1. The standard InChI is InChI=1S/C3H6S2/c1-5(4)2-3-5/h2-4H,1H3. The lowest BCUT2D eigenvalue weighted by molar-refractivity contribution is 2.49. The van der Waals surface area contributed by atoms with E-state index in [1.807, 2.05) is 0 Å². The summed E-state index contributed by atoms with van der Waals surface area (Å²) in [6, 6.07) is 0. The average Bonchev–Trinajstić information content (AvgIpc) is 1.76. The predicted octanol–water partition coefficient (Wildman–Crippen LogP) is 1.75. The smallest absolute Gasteiger partial charge is 0.0189 e. The minimum Gasteiger partial charge on any atom is -0.157 e. The van der Waals surface area contributed by atoms with Gasteiger partial charge in [0.2, 0.25) is 0 Å². The van der Waals surface area contributed by atoms with E-state index >= 15 is 0 Å². The van der Waals surface area contributed by atoms with E-state index in [2.05, 4.69) is 28.7 Å². The van der Waals surface area contributed by atoms with E-state index in [0.717, 1.165) is 0 Å². The number of hydrogen-bond donors (Lipinski definition) is 1. The van der Waals surface area contributed by atoms with E-state index in [0.29, 0.717) is 0 Å². The average molecular weight is 106 g/mol. The first kappa shape index (κ1) is 3.62. The zero-order chi connectivity index (χ0) is 3.91. The van der Waals surface area contributed by atoms with Crippen molar-refractivity contribution >= 4 is 20.7 Å². The van der Waals surface area contributed by atoms with Gasteiger partial charge in [-0.2, -0.15) is 9.06 Å². The van der Waals surface area contributed by atoms with Gasteiger partial charge in [-0.25, -0.2) is 0 Å². The van der Waals surface area contributed by atoms with Crippen LogP contribution < -0.4 is 0 Å². The van der Waals surface area contributed by atoms with E-state index in [1.165, 1.54) is 0 Å². The maximum Gasteiger partial charge on any atom is -0.0189 e. The minimum absolute atomic E-state index is 0.472. The molecule has 0 N–H and O–H groups in total. The zero-order valence-electron chi connectivity index (χ0n) is 3.01. The van der Waals surface area contributed by atoms with Crippen LogP contribution in [0, 0.1) is 0 Å². The molecule has 0 amide bonds. The third-order valence-corrected chi connectivity index (χ3v) is 2.32. The molecule has 0 bridgehead atoms. The van der Waals surface area contributed by atoms with Crippen molar-refractivity contribution in [2.24, 2.45) is 0 Å². The lowest BCUT2D eigenvalue weighted by atomic mass is 11.3. The van der Waals surface area contributed by atoms with Crippen LogP contribution in [0.3, 0.4) is 0 Å². The molecule has 1 aliphatic rings. The summed E-state index contributed by atoms with van der Waals surface area (Å²) in [5, 5.41) is 4.27. The van der Waals surface area contributed by atoms with Gasteiger partial charge in [0.1, 0.15) is 0 Å². The van der Waals surface area contributed by atoms with Crippen molar-refractivity contribution in [3.05, 3.63) is 10.8 Å². The van der Waals surface area contributed by atoms with Crippen molar-refractivity contribution in [1.29, 1.82) is 0 Å². The van der Waals surface area contributed by atoms with Gasteiger partial charge < -0.3 is 0 Å². The summed E-state index contributed by atoms with van der Waals surface area (Å²) in [6.45, 7) is 0. The fraction of sp³-hybridized carbons (Fsp3) is 0.333. The third kappa shape index (κ3) is 0.893. The van der Waals surface area contributed by atoms with Gasteiger partial charge in [-0.1, -0.05) is 0 Å². The van der Waals surface area contributed by atoms with Gasteiger partial charge in [0.05, 0.1) is 0 Å². The van der Waals surface area contributed by atoms with Gasteiger partial charge in [-0.3, -0.25) is 0 Å². The highest BCUT2D eigenvalue weighted by molar-refractivity contribution is 8.93. The Morgan fingerprint density at radius 1 is 1.60 bits per heavy atom. The first-order chi connectivity index (χ1) is 2.21. The number of rotatable bonds is 0. The first-order valence-corrected chi connectivity index (χ1v) is 4.62. The summed E-state index contributed by atoms with van der Waals surface area (Å²) in [7, 11) is -0.472. The maximum absolute atomic E-state index is 4.21. The Balaban J connectivity index is 2.47. The second-order valence-corrected chi connectivity index (χ2v) is 6.18. The molecule has 0 fully saturated rings. The number of hydrogen-bond acceptors (Lipinski definition) is 1. The second-order valence-electron chi connectivity index (χ2n) is 1.27. The Hall–Kier alpha value is 0.440. The number of thiol groups is 1. The van der Waals surface area contributed by atoms with Gasteiger partial charge in [0, 0.05) is 0 Å². The molecule has 1 rings (SSSR count). The molecule has 0 aromatic carbocycles. The van der Waals surface area contributed by atoms with Crippen LogP contribution in [0.5, 0.6) is 0 Å². The van der Waals surface area contributed by atoms with E-state index < -0.39 is 9.06 Å². The minimum atomic E-state index is -0.472. The predicted molar refractivity (Wildman–Crippen MR) is 31.6 cm³/mol. The Morgan fingerprint density at radius 3 is 1.80 bits per heavy atom. The summed E-state index contributed by atoms with van der Waals surface area (Å²) in [5.74, 6) is 0. The molecule has 0 aliphatic carbocycles. The normalized spacial score (nSPS) is 33.2. The van der Waals surface area contributed by atoms with E-state index in [9.17, 15) is 0 Å². The quantitative estimate of drug-likeness (QED) is 0.353. The van der Waals surface area contributed by atoms with Gasteiger partial charge in [0.15, 0.2) is 0 Å². The molecule has 0 aromatic heterocycles. The fourth-order valence-corrected chi connectivity index (χ4v) is 1.17. The summed E-state index contributed by atoms with van der Waals surface area (Å²) < 4.78 is 0. The molecule has 0 saturated carbocycles. The molecule has 2 heteroatoms. The summed E-state index contributed by atoms with van der Waals surface area (Å²) in [6.07, 6.45) is 2.14. The molecule has 0 nitrogen and oxygen atoms in total. The van der Waals surface area contributed by atoms with Crippen LogP contribution >= 0.6 is 20.7 Å². The maximum atomic E-state index is 4.21. The molecule has 0 spiro atoms. The lowest BCUT2D eigenvalue weighted by Gasteiger charge is -1.97. The largest absolute Gasteiger partial charge is 0.157 e. The molecular formula is C3H6S2. The summed E-state index contributed by atoms with van der Waals surface area (Å²) >= 11 is 4.21. The first-order valence-electron chi connectivity index (χ1n) is 1.40. The van der Waals surface area contributed by atoms with Crippen LogP contribution in [0.15, 0.2) is 10.8 Å². The Morgan fingerprint density at radius 2 is 1.80 bits per heavy atom. The summed E-state index contributed by atoms with van der Waals surface area (Å²) in [5.41, 5.74) is 0. The Bertz CT molecular complexity index is 65.0. The van der Waals surface area contributed by atoms with E-state index in [-0.39, 0.29) is 0 Å². The van der Waals surface area contributed by atoms with Crippen LogP contribution in [0.1, 0.15) is 0 Å². The highest BCUT2D eigenvalue weighted by Crippen LogP contribution is 2.63. The van der Waals surface area contributed by atoms with Crippen molar-refractivity contribution < 1.29 is 0 Å². The van der Waals surface area contributed by atoms with Crippen LogP contribution in [0.4, 0.5) is 0 Å². The van der Waals surface area contributed by atoms with Gasteiger partial charge in [0.25, 0.3) is 0 Å². The van der Waals surface area contributed by atoms with Gasteiger partial charge >= 0.3 is 0 Å². The monoisotopic (exact) mass is 106 g/mol. The second kappa shape index (κ2) is 0.738. The molecule has 5 heavy (non-hydrogen) atoms. The summed E-state index contributed by atoms with van der Waals surface area (Å²) in [4.78, 5) is 0. The van der Waals surface area contributed by atoms with Gasteiger partial charge in [-0.05, 0) is 17.1 Å². The van der Waals surface area contributed by atoms with Crippen molar-refractivity contribution in [1.82, 2.24) is 0 Å². The topological polar surface area (TPSA) is 0 Å². The Labute approximate surface area is 38.4 Å². The molecule has 1 aliphatic heterocycles. The molecule has 1 heterocycles. The lowest BCUT2D eigenvalue weighted by Crippen LogP contribution is -1.47. The zero-order valence-corrected chi connectivity index (χ0v) is 4.72. The van der Waals surface area contributed by atoms with Gasteiger partial charge in [-0.15, -0.1) is 11.7 Å². The molecule has 0 aromatic rings. The fourth-order valence-electron chi connectivity index (χ4n) is 0.0804. The molecule has 0 saturated heterocycles. The Kier molecular flexibility index (Phi) is 0.535. The van der Waals surface area contributed by atoms with Crippen molar-refractivity contribution in [2.45, 2.75) is 0 Å². The van der Waals surface area contributed by atoms with Crippen LogP contribution in [0.25, 0.3) is 0 Å². The molecule has 30 valence electrons. The highest BCUT2D eigenvalue weighted by atomic mass is 33.1. The molecule has 0 unspecified atom stereocenters. The third-order valence-electron chi connectivity index (χ3n) is 0.530.